The van der Waals surface area contributed by atoms with E-state index >= 15 is 0 Å². The van der Waals surface area contributed by atoms with E-state index in [9.17, 15) is 4.79 Å². The molecule has 0 saturated heterocycles. The van der Waals surface area contributed by atoms with Gasteiger partial charge in [-0.3, -0.25) is 9.79 Å². The molecule has 1 aliphatic heterocycles. The molecule has 146 valence electrons. The van der Waals surface area contributed by atoms with Gasteiger partial charge in [-0.1, -0.05) is 36.4 Å². The molecule has 5 heteroatoms. The second kappa shape index (κ2) is 7.49. The summed E-state index contributed by atoms with van der Waals surface area (Å²) in [5.74, 6) is 6.17. The van der Waals surface area contributed by atoms with Gasteiger partial charge in [-0.25, -0.2) is 4.98 Å². The zero-order valence-electron chi connectivity index (χ0n) is 16.6. The van der Waals surface area contributed by atoms with Crippen LogP contribution in [-0.2, 0) is 20.0 Å². The number of hydrogen-bond acceptors (Lipinski definition) is 3. The molecule has 0 fully saturated rings. The number of imidazole rings is 1. The van der Waals surface area contributed by atoms with Crippen LogP contribution in [0.5, 0.6) is 0 Å². The van der Waals surface area contributed by atoms with E-state index in [1.54, 1.807) is 12.5 Å². The van der Waals surface area contributed by atoms with Crippen molar-refractivity contribution in [2.24, 2.45) is 12.0 Å². The summed E-state index contributed by atoms with van der Waals surface area (Å²) in [5, 5.41) is 3.05. The quantitative estimate of drug-likeness (QED) is 0.696. The van der Waals surface area contributed by atoms with Crippen LogP contribution >= 0.6 is 0 Å². The van der Waals surface area contributed by atoms with Crippen LogP contribution < -0.4 is 5.32 Å². The van der Waals surface area contributed by atoms with Crippen molar-refractivity contribution in [1.29, 1.82) is 0 Å². The van der Waals surface area contributed by atoms with Crippen molar-refractivity contribution < 1.29 is 4.79 Å². The van der Waals surface area contributed by atoms with Crippen LogP contribution in [-0.4, -0.2) is 27.7 Å². The lowest BCUT2D eigenvalue weighted by atomic mass is 10.0. The Morgan fingerprint density at radius 2 is 2.07 bits per heavy atom. The molecule has 5 nitrogen and oxygen atoms in total. The lowest BCUT2D eigenvalue weighted by Gasteiger charge is -2.08. The van der Waals surface area contributed by atoms with Crippen LogP contribution in [0.4, 0.5) is 0 Å². The van der Waals surface area contributed by atoms with E-state index in [0.717, 1.165) is 29.0 Å². The summed E-state index contributed by atoms with van der Waals surface area (Å²) >= 11 is 0. The smallest absolute Gasteiger partial charge is 0.251 e. The Hall–Kier alpha value is -3.91. The third-order valence-corrected chi connectivity index (χ3v) is 5.46. The maximum Gasteiger partial charge on any atom is 0.251 e. The van der Waals surface area contributed by atoms with Crippen LogP contribution in [0.25, 0.3) is 6.08 Å². The van der Waals surface area contributed by atoms with E-state index < -0.39 is 0 Å². The summed E-state index contributed by atoms with van der Waals surface area (Å²) in [6.07, 6.45) is 6.52. The molecule has 1 aliphatic carbocycles. The number of aryl methyl sites for hydroxylation is 1. The minimum atomic E-state index is -0.0657. The number of fused-ring (bicyclic) bond motifs is 2. The van der Waals surface area contributed by atoms with E-state index in [0.29, 0.717) is 18.7 Å². The lowest BCUT2D eigenvalue weighted by molar-refractivity contribution is 0.0957. The first-order chi connectivity index (χ1) is 14.7. The topological polar surface area (TPSA) is 59.3 Å². The number of benzene rings is 2. The number of aliphatic imine (C=N–C) groups is 1. The Morgan fingerprint density at radius 1 is 1.17 bits per heavy atom. The maximum absolute atomic E-state index is 12.7. The predicted octanol–water partition coefficient (Wildman–Crippen LogP) is 3.14. The Morgan fingerprint density at radius 3 is 2.90 bits per heavy atom. The zero-order chi connectivity index (χ0) is 20.5. The first kappa shape index (κ1) is 18.1. The van der Waals surface area contributed by atoms with Crippen LogP contribution in [0.15, 0.2) is 65.6 Å². The van der Waals surface area contributed by atoms with E-state index in [-0.39, 0.29) is 5.91 Å². The molecular weight excluding hydrogens is 372 g/mol. The molecule has 5 rings (SSSR count). The van der Waals surface area contributed by atoms with Crippen molar-refractivity contribution >= 4 is 17.7 Å². The maximum atomic E-state index is 12.7. The van der Waals surface area contributed by atoms with Crippen molar-refractivity contribution in [3.8, 4) is 11.8 Å². The molecule has 1 amide bonds. The predicted molar refractivity (Wildman–Crippen MR) is 117 cm³/mol. The molecule has 2 aromatic carbocycles. The Balaban J connectivity index is 1.25. The summed E-state index contributed by atoms with van der Waals surface area (Å²) < 4.78 is 1.87. The highest BCUT2D eigenvalue weighted by atomic mass is 16.1. The third kappa shape index (κ3) is 3.44. The van der Waals surface area contributed by atoms with Crippen molar-refractivity contribution in [1.82, 2.24) is 14.9 Å². The first-order valence-corrected chi connectivity index (χ1v) is 9.89. The van der Waals surface area contributed by atoms with E-state index in [1.807, 2.05) is 35.9 Å². The van der Waals surface area contributed by atoms with Gasteiger partial charge in [-0.15, -0.1) is 0 Å². The van der Waals surface area contributed by atoms with Crippen LogP contribution in [0, 0.1) is 11.8 Å². The molecule has 30 heavy (non-hydrogen) atoms. The van der Waals surface area contributed by atoms with E-state index in [1.165, 1.54) is 16.7 Å². The molecule has 0 unspecified atom stereocenters. The van der Waals surface area contributed by atoms with Crippen molar-refractivity contribution in [2.75, 3.05) is 6.54 Å². The highest BCUT2D eigenvalue weighted by Crippen LogP contribution is 2.24. The third-order valence-electron chi connectivity index (χ3n) is 5.46. The Labute approximate surface area is 175 Å². The zero-order valence-corrected chi connectivity index (χ0v) is 16.6. The summed E-state index contributed by atoms with van der Waals surface area (Å²) in [5.41, 5.74) is 8.06. The van der Waals surface area contributed by atoms with Crippen molar-refractivity contribution in [3.05, 3.63) is 94.1 Å². The van der Waals surface area contributed by atoms with E-state index in [4.69, 9.17) is 0 Å². The summed E-state index contributed by atoms with van der Waals surface area (Å²) in [4.78, 5) is 21.3. The highest BCUT2D eigenvalue weighted by Gasteiger charge is 2.18. The van der Waals surface area contributed by atoms with Crippen LogP contribution in [0.1, 0.15) is 38.3 Å². The molecule has 0 radical (unpaired) electrons. The molecule has 0 atom stereocenters. The Bertz CT molecular complexity index is 1280. The number of carbonyl (C=O) groups is 1. The Kier molecular flexibility index (Phi) is 4.53. The van der Waals surface area contributed by atoms with Gasteiger partial charge in [0.1, 0.15) is 11.4 Å². The number of aromatic nitrogens is 2. The minimum absolute atomic E-state index is 0.0657. The largest absolute Gasteiger partial charge is 0.348 e. The van der Waals surface area contributed by atoms with E-state index in [2.05, 4.69) is 51.4 Å². The van der Waals surface area contributed by atoms with Gasteiger partial charge in [0.25, 0.3) is 5.91 Å². The van der Waals surface area contributed by atoms with Crippen molar-refractivity contribution in [2.45, 2.75) is 13.0 Å². The molecule has 0 spiro atoms. The molecule has 2 heterocycles. The number of nitrogens with one attached hydrogen (secondary N) is 1. The average Bonchev–Trinajstić information content (AvgIpc) is 3.47. The molecule has 1 aromatic heterocycles. The number of carbonyl (C=O) groups excluding carboxylic acids is 1. The molecular formula is C25H20N4O. The average molecular weight is 392 g/mol. The van der Waals surface area contributed by atoms with Gasteiger partial charge in [0.2, 0.25) is 0 Å². The van der Waals surface area contributed by atoms with Crippen LogP contribution in [0.3, 0.4) is 0 Å². The van der Waals surface area contributed by atoms with Gasteiger partial charge in [0.15, 0.2) is 0 Å². The number of nitrogens with zero attached hydrogens (tertiary/aromatic N) is 3. The fraction of sp³-hybridized carbons (Fsp3) is 0.160. The van der Waals surface area contributed by atoms with Gasteiger partial charge in [0.05, 0.1) is 19.1 Å². The highest BCUT2D eigenvalue weighted by molar-refractivity contribution is 6.15. The normalized spacial score (nSPS) is 13.6. The van der Waals surface area contributed by atoms with Gasteiger partial charge >= 0.3 is 0 Å². The second-order valence-corrected chi connectivity index (χ2v) is 7.54. The van der Waals surface area contributed by atoms with Gasteiger partial charge in [-0.05, 0) is 52.7 Å². The second-order valence-electron chi connectivity index (χ2n) is 7.54. The number of amides is 1. The first-order valence-electron chi connectivity index (χ1n) is 9.89. The monoisotopic (exact) mass is 392 g/mol. The molecule has 0 bridgehead atoms. The molecule has 2 aliphatic rings. The SMILES string of the molecule is Cn1cncc1C#CC1=NCc2cc(C(=O)NCC3=Cc4ccccc4C3)ccc21. The summed E-state index contributed by atoms with van der Waals surface area (Å²) in [6, 6.07) is 14.0. The fourth-order valence-electron chi connectivity index (χ4n) is 3.81. The summed E-state index contributed by atoms with van der Waals surface area (Å²) in [7, 11) is 1.91. The molecule has 0 saturated carbocycles. The minimum Gasteiger partial charge on any atom is -0.348 e. The lowest BCUT2D eigenvalue weighted by Crippen LogP contribution is -2.25. The van der Waals surface area contributed by atoms with Gasteiger partial charge in [-0.2, -0.15) is 0 Å². The van der Waals surface area contributed by atoms with Crippen molar-refractivity contribution in [3.63, 3.8) is 0 Å². The van der Waals surface area contributed by atoms with Gasteiger partial charge < -0.3 is 9.88 Å². The number of rotatable bonds is 3. The molecule has 1 N–H and O–H groups in total. The fourth-order valence-corrected chi connectivity index (χ4v) is 3.81. The van der Waals surface area contributed by atoms with Crippen LogP contribution in [0.2, 0.25) is 0 Å². The standard InChI is InChI=1S/C25H20N4O/c1-29-16-26-15-22(29)7-9-24-23-8-6-20(12-21(23)14-27-24)25(30)28-13-17-10-18-4-2-3-5-19(18)11-17/h2-6,8,10,12,15-16H,11,13-14H2,1H3,(H,28,30). The number of hydrogen-bond donors (Lipinski definition) is 1. The molecule has 3 aromatic rings. The van der Waals surface area contributed by atoms with Gasteiger partial charge in [0, 0.05) is 24.7 Å². The summed E-state index contributed by atoms with van der Waals surface area (Å²) in [6.45, 7) is 1.11.